The summed E-state index contributed by atoms with van der Waals surface area (Å²) in [6.45, 7) is -0.386. The van der Waals surface area contributed by atoms with E-state index in [0.29, 0.717) is 5.56 Å². The van der Waals surface area contributed by atoms with Gasteiger partial charge in [0, 0.05) is 0 Å². The second kappa shape index (κ2) is 6.13. The van der Waals surface area contributed by atoms with Gasteiger partial charge in [-0.25, -0.2) is 4.79 Å². The Kier molecular flexibility index (Phi) is 3.08. The Hall–Kier alpha value is -1.75. The fourth-order valence-electron chi connectivity index (χ4n) is 1.52. The summed E-state index contributed by atoms with van der Waals surface area (Å²) in [5.74, 6) is -1.53. The van der Waals surface area contributed by atoms with Crippen LogP contribution in [0.2, 0.25) is 10.0 Å². The summed E-state index contributed by atoms with van der Waals surface area (Å²) in [5, 5.41) is 21.3. The van der Waals surface area contributed by atoms with Gasteiger partial charge in [-0.2, -0.15) is 0 Å². The fraction of sp³-hybridized carbons (Fsp3) is 0.0714. The van der Waals surface area contributed by atoms with E-state index in [4.69, 9.17) is 28.7 Å². The molecule has 20 heavy (non-hydrogen) atoms. The van der Waals surface area contributed by atoms with Crippen LogP contribution in [0.5, 0.6) is 0 Å². The molecule has 0 saturated heterocycles. The topological polar surface area (TPSA) is 69.6 Å². The standard InChI is InChI=1S/C14H11Cl2NO3/c15-10-6-5-8(7-18)12(16)13(10)17-11-4-2-1-3-9(11)14(19)20/h1-6,17-18H,7H2,(H,19,20)/i1D,2D,3D,4D. The average molecular weight is 316 g/mol. The normalized spacial score (nSPS) is 13.2. The van der Waals surface area contributed by atoms with E-state index < -0.39 is 35.7 Å². The van der Waals surface area contributed by atoms with E-state index in [2.05, 4.69) is 5.32 Å². The zero-order chi connectivity index (χ0) is 18.2. The lowest BCUT2D eigenvalue weighted by Gasteiger charge is -2.14. The summed E-state index contributed by atoms with van der Waals surface area (Å²) in [7, 11) is 0. The quantitative estimate of drug-likeness (QED) is 0.799. The third-order valence-electron chi connectivity index (χ3n) is 2.49. The number of aromatic carboxylic acids is 1. The number of benzene rings is 2. The second-order valence-corrected chi connectivity index (χ2v) is 4.52. The van der Waals surface area contributed by atoms with Crippen molar-refractivity contribution in [2.45, 2.75) is 6.61 Å². The lowest BCUT2D eigenvalue weighted by molar-refractivity contribution is 0.0698. The van der Waals surface area contributed by atoms with Crippen molar-refractivity contribution in [3.63, 3.8) is 0 Å². The molecule has 0 aliphatic rings. The number of para-hydroxylation sites is 1. The number of hydrogen-bond acceptors (Lipinski definition) is 3. The SMILES string of the molecule is [2H]c1c([2H])c([2H])c(C(=O)O)c(Nc2c(Cl)ccc(CO)c2Cl)c1[2H]. The number of halogens is 2. The number of nitrogens with one attached hydrogen (secondary N) is 1. The van der Waals surface area contributed by atoms with Gasteiger partial charge in [0.2, 0.25) is 0 Å². The number of hydrogen-bond donors (Lipinski definition) is 3. The van der Waals surface area contributed by atoms with Gasteiger partial charge >= 0.3 is 5.97 Å². The molecule has 2 aromatic carbocycles. The molecule has 2 rings (SSSR count). The van der Waals surface area contributed by atoms with Gasteiger partial charge in [0.05, 0.1) is 39.1 Å². The first-order chi connectivity index (χ1) is 11.2. The third kappa shape index (κ3) is 2.88. The molecular weight excluding hydrogens is 301 g/mol. The molecule has 0 saturated carbocycles. The van der Waals surface area contributed by atoms with Gasteiger partial charge in [0.1, 0.15) is 0 Å². The van der Waals surface area contributed by atoms with E-state index >= 15 is 0 Å². The smallest absolute Gasteiger partial charge is 0.337 e. The maximum Gasteiger partial charge on any atom is 0.337 e. The van der Waals surface area contributed by atoms with Gasteiger partial charge < -0.3 is 15.5 Å². The fourth-order valence-corrected chi connectivity index (χ4v) is 2.05. The Morgan fingerprint density at radius 2 is 2.00 bits per heavy atom. The Morgan fingerprint density at radius 1 is 1.30 bits per heavy atom. The van der Waals surface area contributed by atoms with Gasteiger partial charge in [0.25, 0.3) is 0 Å². The molecule has 0 fully saturated rings. The van der Waals surface area contributed by atoms with Gasteiger partial charge in [-0.15, -0.1) is 0 Å². The van der Waals surface area contributed by atoms with E-state index in [1.54, 1.807) is 0 Å². The van der Waals surface area contributed by atoms with Crippen LogP contribution >= 0.6 is 23.2 Å². The van der Waals surface area contributed by atoms with Crippen LogP contribution in [-0.4, -0.2) is 16.2 Å². The van der Waals surface area contributed by atoms with E-state index in [0.717, 1.165) is 0 Å². The summed E-state index contributed by atoms with van der Waals surface area (Å²) < 4.78 is 30.9. The first-order valence-corrected chi connectivity index (χ1v) is 6.14. The molecule has 3 N–H and O–H groups in total. The van der Waals surface area contributed by atoms with E-state index in [-0.39, 0.29) is 28.0 Å². The number of aliphatic hydroxyl groups excluding tert-OH is 1. The first-order valence-electron chi connectivity index (χ1n) is 7.39. The van der Waals surface area contributed by atoms with Crippen molar-refractivity contribution >= 4 is 40.5 Å². The Balaban J connectivity index is 2.74. The molecule has 4 nitrogen and oxygen atoms in total. The predicted octanol–water partition coefficient (Wildman–Crippen LogP) is 3.93. The van der Waals surface area contributed by atoms with Crippen molar-refractivity contribution in [2.75, 3.05) is 5.32 Å². The number of anilines is 2. The molecule has 0 aromatic heterocycles. The maximum absolute atomic E-state index is 11.4. The number of carboxylic acids is 1. The summed E-state index contributed by atoms with van der Waals surface area (Å²) in [6, 6.07) is 0.371. The summed E-state index contributed by atoms with van der Waals surface area (Å²) >= 11 is 12.1. The Bertz CT molecular complexity index is 846. The minimum absolute atomic E-state index is 0.0220. The summed E-state index contributed by atoms with van der Waals surface area (Å²) in [5.41, 5.74) is -0.645. The molecule has 0 aliphatic heterocycles. The Morgan fingerprint density at radius 3 is 2.65 bits per heavy atom. The van der Waals surface area contributed by atoms with E-state index in [1.807, 2.05) is 0 Å². The van der Waals surface area contributed by atoms with Crippen LogP contribution in [0.3, 0.4) is 0 Å². The summed E-state index contributed by atoms with van der Waals surface area (Å²) in [4.78, 5) is 11.4. The predicted molar refractivity (Wildman–Crippen MR) is 79.1 cm³/mol. The molecule has 2 aromatic rings. The highest BCUT2D eigenvalue weighted by Gasteiger charge is 2.14. The second-order valence-electron chi connectivity index (χ2n) is 3.73. The molecule has 0 amide bonds. The highest BCUT2D eigenvalue weighted by molar-refractivity contribution is 6.39. The molecule has 0 heterocycles. The van der Waals surface area contributed by atoms with Gasteiger partial charge in [-0.05, 0) is 23.7 Å². The third-order valence-corrected chi connectivity index (χ3v) is 3.24. The van der Waals surface area contributed by atoms with Crippen LogP contribution in [0, 0.1) is 0 Å². The van der Waals surface area contributed by atoms with Crippen molar-refractivity contribution in [1.29, 1.82) is 0 Å². The van der Waals surface area contributed by atoms with Crippen molar-refractivity contribution in [3.8, 4) is 0 Å². The molecule has 0 aliphatic carbocycles. The molecule has 0 spiro atoms. The number of carboxylic acid groups (broad SMARTS) is 1. The monoisotopic (exact) mass is 315 g/mol. The van der Waals surface area contributed by atoms with Crippen molar-refractivity contribution < 1.29 is 20.5 Å². The molecule has 0 radical (unpaired) electrons. The minimum atomic E-state index is -1.53. The van der Waals surface area contributed by atoms with Crippen molar-refractivity contribution in [1.82, 2.24) is 0 Å². The average Bonchev–Trinajstić information content (AvgIpc) is 2.53. The summed E-state index contributed by atoms with van der Waals surface area (Å²) in [6.07, 6.45) is 0. The van der Waals surface area contributed by atoms with Gasteiger partial charge in [-0.3, -0.25) is 0 Å². The highest BCUT2D eigenvalue weighted by atomic mass is 35.5. The number of carbonyl (C=O) groups is 1. The lowest BCUT2D eigenvalue weighted by Crippen LogP contribution is -2.03. The maximum atomic E-state index is 11.4. The molecular formula is C14H11Cl2NO3. The zero-order valence-electron chi connectivity index (χ0n) is 13.9. The number of rotatable bonds is 4. The van der Waals surface area contributed by atoms with Crippen LogP contribution in [-0.2, 0) is 6.61 Å². The van der Waals surface area contributed by atoms with Crippen LogP contribution in [0.25, 0.3) is 0 Å². The molecule has 0 bridgehead atoms. The highest BCUT2D eigenvalue weighted by Crippen LogP contribution is 2.36. The Labute approximate surface area is 131 Å². The van der Waals surface area contributed by atoms with Crippen LogP contribution in [0.4, 0.5) is 11.4 Å². The molecule has 0 atom stereocenters. The molecule has 0 unspecified atom stereocenters. The van der Waals surface area contributed by atoms with Gasteiger partial charge in [-0.1, -0.05) is 41.4 Å². The number of aliphatic hydroxyl groups is 1. The van der Waals surface area contributed by atoms with Crippen LogP contribution < -0.4 is 5.32 Å². The molecule has 6 heteroatoms. The lowest BCUT2D eigenvalue weighted by atomic mass is 10.1. The zero-order valence-corrected chi connectivity index (χ0v) is 11.4. The minimum Gasteiger partial charge on any atom is -0.478 e. The van der Waals surface area contributed by atoms with E-state index in [9.17, 15) is 15.0 Å². The van der Waals surface area contributed by atoms with Crippen molar-refractivity contribution in [2.24, 2.45) is 0 Å². The largest absolute Gasteiger partial charge is 0.478 e. The van der Waals surface area contributed by atoms with Crippen LogP contribution in [0.1, 0.15) is 21.4 Å². The molecule has 104 valence electrons. The van der Waals surface area contributed by atoms with Crippen molar-refractivity contribution in [3.05, 3.63) is 57.5 Å². The van der Waals surface area contributed by atoms with Gasteiger partial charge in [0.15, 0.2) is 0 Å². The first kappa shape index (κ1) is 10.0. The van der Waals surface area contributed by atoms with Crippen LogP contribution in [0.15, 0.2) is 36.3 Å². The van der Waals surface area contributed by atoms with E-state index in [1.165, 1.54) is 12.1 Å².